The van der Waals surface area contributed by atoms with Gasteiger partial charge in [-0.1, -0.05) is 77.8 Å². The summed E-state index contributed by atoms with van der Waals surface area (Å²) in [5.74, 6) is -0.420. The van der Waals surface area contributed by atoms with Gasteiger partial charge >= 0.3 is 0 Å². The first kappa shape index (κ1) is 27.8. The van der Waals surface area contributed by atoms with E-state index in [-0.39, 0.29) is 29.4 Å². The average Bonchev–Trinajstić information content (AvgIpc) is 2.83. The highest BCUT2D eigenvalue weighted by molar-refractivity contribution is 7.99. The van der Waals surface area contributed by atoms with E-state index in [1.165, 1.54) is 17.8 Å². The first-order chi connectivity index (χ1) is 17.2. The third-order valence-corrected chi connectivity index (χ3v) is 6.97. The normalized spacial score (nSPS) is 11.8. The molecule has 0 fully saturated rings. The van der Waals surface area contributed by atoms with Crippen molar-refractivity contribution in [2.45, 2.75) is 51.6 Å². The highest BCUT2D eigenvalue weighted by Gasteiger charge is 2.30. The lowest BCUT2D eigenvalue weighted by Gasteiger charge is -2.32. The Hall–Kier alpha value is -2.83. The quantitative estimate of drug-likeness (QED) is 0.324. The molecule has 0 aliphatic heterocycles. The van der Waals surface area contributed by atoms with E-state index in [0.717, 1.165) is 16.7 Å². The number of halogens is 2. The van der Waals surface area contributed by atoms with Crippen LogP contribution >= 0.6 is 23.4 Å². The van der Waals surface area contributed by atoms with Gasteiger partial charge in [0.1, 0.15) is 11.9 Å². The summed E-state index contributed by atoms with van der Waals surface area (Å²) in [7, 11) is 0. The van der Waals surface area contributed by atoms with E-state index < -0.39 is 11.9 Å². The van der Waals surface area contributed by atoms with Crippen LogP contribution < -0.4 is 5.32 Å². The first-order valence-corrected chi connectivity index (χ1v) is 13.5. The zero-order valence-electron chi connectivity index (χ0n) is 20.8. The number of hydrogen-bond acceptors (Lipinski definition) is 3. The smallest absolute Gasteiger partial charge is 0.243 e. The molecule has 0 aromatic heterocycles. The lowest BCUT2D eigenvalue weighted by Crippen LogP contribution is -2.52. The Kier molecular flexibility index (Phi) is 10.4. The molecule has 0 unspecified atom stereocenters. The molecule has 0 aliphatic rings. The Morgan fingerprint density at radius 2 is 1.69 bits per heavy atom. The minimum absolute atomic E-state index is 0.0655. The third kappa shape index (κ3) is 8.10. The topological polar surface area (TPSA) is 49.4 Å². The number of carbonyl (C=O) groups excluding carboxylic acids is 2. The summed E-state index contributed by atoms with van der Waals surface area (Å²) >= 11 is 7.45. The van der Waals surface area contributed by atoms with E-state index in [1.54, 1.807) is 17.0 Å². The Labute approximate surface area is 222 Å². The molecule has 0 saturated carbocycles. The number of amides is 2. The van der Waals surface area contributed by atoms with Crippen LogP contribution in [0.1, 0.15) is 36.1 Å². The second-order valence-electron chi connectivity index (χ2n) is 9.07. The van der Waals surface area contributed by atoms with Crippen molar-refractivity contribution in [1.29, 1.82) is 0 Å². The van der Waals surface area contributed by atoms with Crippen LogP contribution in [0.15, 0.2) is 72.8 Å². The molecule has 0 heterocycles. The van der Waals surface area contributed by atoms with Crippen molar-refractivity contribution in [3.63, 3.8) is 0 Å². The molecule has 0 aliphatic carbocycles. The predicted molar refractivity (Wildman–Crippen MR) is 147 cm³/mol. The molecule has 7 heteroatoms. The van der Waals surface area contributed by atoms with Crippen molar-refractivity contribution in [3.8, 4) is 0 Å². The lowest BCUT2D eigenvalue weighted by atomic mass is 10.0. The molecule has 190 valence electrons. The van der Waals surface area contributed by atoms with E-state index in [4.69, 9.17) is 11.6 Å². The van der Waals surface area contributed by atoms with Gasteiger partial charge in [0.25, 0.3) is 0 Å². The largest absolute Gasteiger partial charge is 0.352 e. The zero-order chi connectivity index (χ0) is 26.1. The van der Waals surface area contributed by atoms with Gasteiger partial charge in [0.2, 0.25) is 11.8 Å². The highest BCUT2D eigenvalue weighted by Crippen LogP contribution is 2.25. The third-order valence-electron chi connectivity index (χ3n) is 5.67. The highest BCUT2D eigenvalue weighted by atomic mass is 35.5. The van der Waals surface area contributed by atoms with E-state index in [2.05, 4.69) is 5.32 Å². The summed E-state index contributed by atoms with van der Waals surface area (Å²) < 4.78 is 14.2. The molecule has 1 N–H and O–H groups in total. The summed E-state index contributed by atoms with van der Waals surface area (Å²) in [6.45, 7) is 6.09. The van der Waals surface area contributed by atoms with Crippen molar-refractivity contribution < 1.29 is 14.0 Å². The van der Waals surface area contributed by atoms with Crippen LogP contribution in [0.5, 0.6) is 0 Å². The monoisotopic (exact) mass is 526 g/mol. The zero-order valence-corrected chi connectivity index (χ0v) is 22.4. The molecule has 0 bridgehead atoms. The Bertz CT molecular complexity index is 1150. The Morgan fingerprint density at radius 3 is 2.36 bits per heavy atom. The second-order valence-corrected chi connectivity index (χ2v) is 10.5. The molecule has 36 heavy (non-hydrogen) atoms. The van der Waals surface area contributed by atoms with Gasteiger partial charge in [-0.05, 0) is 44.0 Å². The minimum atomic E-state index is -0.694. The standard InChI is InChI=1S/C29H32ClFN2O2S/c1-20(2)32-29(35)27(16-22-10-5-4-6-11-22)33(17-23-12-7-9-21(3)15-23)28(34)19-36-18-24-25(30)13-8-14-26(24)31/h4-15,20,27H,16-19H2,1-3H3,(H,32,35)/t27-/m0/s1. The maximum atomic E-state index is 14.2. The molecule has 3 aromatic rings. The number of rotatable bonds is 11. The molecular formula is C29H32ClFN2O2S. The molecular weight excluding hydrogens is 495 g/mol. The van der Waals surface area contributed by atoms with Gasteiger partial charge in [-0.3, -0.25) is 9.59 Å². The van der Waals surface area contributed by atoms with Crippen molar-refractivity contribution in [3.05, 3.63) is 106 Å². The fraction of sp³-hybridized carbons (Fsp3) is 0.310. The van der Waals surface area contributed by atoms with E-state index >= 15 is 0 Å². The fourth-order valence-corrected chi connectivity index (χ4v) is 5.18. The molecule has 0 radical (unpaired) electrons. The second kappa shape index (κ2) is 13.5. The molecule has 1 atom stereocenters. The lowest BCUT2D eigenvalue weighted by molar-refractivity contribution is -0.139. The molecule has 0 saturated heterocycles. The maximum absolute atomic E-state index is 14.2. The number of aryl methyl sites for hydroxylation is 1. The summed E-state index contributed by atoms with van der Waals surface area (Å²) in [5.41, 5.74) is 3.37. The average molecular weight is 527 g/mol. The predicted octanol–water partition coefficient (Wildman–Crippen LogP) is 6.19. The van der Waals surface area contributed by atoms with Gasteiger partial charge < -0.3 is 10.2 Å². The van der Waals surface area contributed by atoms with Gasteiger partial charge in [-0.15, -0.1) is 11.8 Å². The van der Waals surface area contributed by atoms with Crippen LogP contribution in [0.25, 0.3) is 0 Å². The van der Waals surface area contributed by atoms with Gasteiger partial charge in [-0.25, -0.2) is 4.39 Å². The SMILES string of the molecule is Cc1cccc(CN(C(=O)CSCc2c(F)cccc2Cl)[C@@H](Cc2ccccc2)C(=O)NC(C)C)c1. The Balaban J connectivity index is 1.87. The maximum Gasteiger partial charge on any atom is 0.243 e. The molecule has 4 nitrogen and oxygen atoms in total. The molecule has 3 aromatic carbocycles. The van der Waals surface area contributed by atoms with Gasteiger partial charge in [0.05, 0.1) is 5.75 Å². The number of carbonyl (C=O) groups is 2. The number of hydrogen-bond donors (Lipinski definition) is 1. The number of nitrogens with one attached hydrogen (secondary N) is 1. The van der Waals surface area contributed by atoms with Crippen LogP contribution in [0.3, 0.4) is 0 Å². The molecule has 0 spiro atoms. The van der Waals surface area contributed by atoms with Crippen LogP contribution in [-0.4, -0.2) is 34.6 Å². The molecule has 2 amide bonds. The summed E-state index contributed by atoms with van der Waals surface area (Å²) in [6, 6.07) is 21.4. The van der Waals surface area contributed by atoms with E-state index in [9.17, 15) is 14.0 Å². The van der Waals surface area contributed by atoms with Crippen molar-refractivity contribution in [1.82, 2.24) is 10.2 Å². The first-order valence-electron chi connectivity index (χ1n) is 11.9. The van der Waals surface area contributed by atoms with Crippen molar-refractivity contribution >= 4 is 35.2 Å². The van der Waals surface area contributed by atoms with Crippen molar-refractivity contribution in [2.24, 2.45) is 0 Å². The van der Waals surface area contributed by atoms with Gasteiger partial charge in [0, 0.05) is 35.3 Å². The molecule has 3 rings (SSSR count). The number of nitrogens with zero attached hydrogens (tertiary/aromatic N) is 1. The van der Waals surface area contributed by atoms with E-state index in [0.29, 0.717) is 23.6 Å². The van der Waals surface area contributed by atoms with Crippen LogP contribution in [0, 0.1) is 12.7 Å². The Morgan fingerprint density at radius 1 is 1.00 bits per heavy atom. The van der Waals surface area contributed by atoms with E-state index in [1.807, 2.05) is 75.4 Å². The van der Waals surface area contributed by atoms with Crippen LogP contribution in [0.4, 0.5) is 4.39 Å². The number of benzene rings is 3. The van der Waals surface area contributed by atoms with Gasteiger partial charge in [-0.2, -0.15) is 0 Å². The summed E-state index contributed by atoms with van der Waals surface area (Å²) in [6.07, 6.45) is 0.390. The van der Waals surface area contributed by atoms with Crippen LogP contribution in [-0.2, 0) is 28.3 Å². The minimum Gasteiger partial charge on any atom is -0.352 e. The number of thioether (sulfide) groups is 1. The fourth-order valence-electron chi connectivity index (χ4n) is 3.94. The van der Waals surface area contributed by atoms with Gasteiger partial charge in [0.15, 0.2) is 0 Å². The van der Waals surface area contributed by atoms with Crippen LogP contribution in [0.2, 0.25) is 5.02 Å². The van der Waals surface area contributed by atoms with Crippen molar-refractivity contribution in [2.75, 3.05) is 5.75 Å². The summed E-state index contributed by atoms with van der Waals surface area (Å²) in [5, 5.41) is 3.32. The summed E-state index contributed by atoms with van der Waals surface area (Å²) in [4.78, 5) is 28.6.